The molecule has 1 saturated heterocycles. The summed E-state index contributed by atoms with van der Waals surface area (Å²) in [6.45, 7) is 0.878. The van der Waals surface area contributed by atoms with Gasteiger partial charge in [0.05, 0.1) is 19.1 Å². The van der Waals surface area contributed by atoms with E-state index >= 15 is 0 Å². The van der Waals surface area contributed by atoms with Crippen LogP contribution in [-0.2, 0) is 32.3 Å². The average molecular weight is 598 g/mol. The number of carbonyl (C=O) groups is 3. The van der Waals surface area contributed by atoms with Gasteiger partial charge in [0.25, 0.3) is 0 Å². The molecule has 220 valence electrons. The van der Waals surface area contributed by atoms with Crippen LogP contribution >= 0.6 is 11.6 Å². The number of likely N-dealkylation sites (tertiary alicyclic amines) is 1. The third kappa shape index (κ3) is 8.67. The van der Waals surface area contributed by atoms with Crippen LogP contribution in [0.2, 0.25) is 5.02 Å². The zero-order chi connectivity index (χ0) is 30.0. The average Bonchev–Trinajstić information content (AvgIpc) is 3.39. The molecule has 9 heteroatoms. The molecule has 1 heterocycles. The van der Waals surface area contributed by atoms with E-state index in [1.807, 2.05) is 72.8 Å². The molecule has 0 spiro atoms. The van der Waals surface area contributed by atoms with Gasteiger partial charge in [0.15, 0.2) is 0 Å². The van der Waals surface area contributed by atoms with Gasteiger partial charge in [0.1, 0.15) is 17.5 Å². The number of carbonyl (C=O) groups excluding carboxylic acids is 3. The van der Waals surface area contributed by atoms with Crippen LogP contribution < -0.4 is 15.4 Å². The number of hydrogen-bond donors (Lipinski definition) is 2. The van der Waals surface area contributed by atoms with Gasteiger partial charge in [-0.05, 0) is 59.7 Å². The smallest absolute Gasteiger partial charge is 0.249 e. The van der Waals surface area contributed by atoms with Crippen LogP contribution in [-0.4, -0.2) is 41.8 Å². The Balaban J connectivity index is 1.21. The largest absolute Gasteiger partial charge is 0.457 e. The highest BCUT2D eigenvalue weighted by Gasteiger charge is 2.36. The molecule has 0 radical (unpaired) electrons. The first-order valence-corrected chi connectivity index (χ1v) is 14.4. The van der Waals surface area contributed by atoms with Gasteiger partial charge < -0.3 is 25.0 Å². The number of nitrogens with one attached hydrogen (secondary N) is 2. The van der Waals surface area contributed by atoms with Crippen LogP contribution in [0.1, 0.15) is 17.5 Å². The van der Waals surface area contributed by atoms with Gasteiger partial charge in [-0.25, -0.2) is 0 Å². The fourth-order valence-electron chi connectivity index (χ4n) is 4.71. The van der Waals surface area contributed by atoms with Crippen molar-refractivity contribution in [2.45, 2.75) is 25.6 Å². The number of hydrogen-bond acceptors (Lipinski definition) is 5. The maximum atomic E-state index is 13.4. The monoisotopic (exact) mass is 597 g/mol. The molecule has 1 fully saturated rings. The first-order chi connectivity index (χ1) is 20.9. The molecular weight excluding hydrogens is 566 g/mol. The molecule has 1 aliphatic heterocycles. The predicted octanol–water partition coefficient (Wildman–Crippen LogP) is 5.82. The molecule has 0 aromatic heterocycles. The van der Waals surface area contributed by atoms with Crippen molar-refractivity contribution in [1.82, 2.24) is 10.2 Å². The Morgan fingerprint density at radius 2 is 1.49 bits per heavy atom. The van der Waals surface area contributed by atoms with E-state index in [4.69, 9.17) is 21.1 Å². The van der Waals surface area contributed by atoms with Crippen molar-refractivity contribution in [3.8, 4) is 11.5 Å². The topological polar surface area (TPSA) is 97.0 Å². The van der Waals surface area contributed by atoms with Gasteiger partial charge in [0.2, 0.25) is 17.7 Å². The van der Waals surface area contributed by atoms with Crippen LogP contribution in [0.4, 0.5) is 5.69 Å². The molecule has 8 nitrogen and oxygen atoms in total. The lowest BCUT2D eigenvalue weighted by Gasteiger charge is -2.21. The highest BCUT2D eigenvalue weighted by Crippen LogP contribution is 2.24. The minimum Gasteiger partial charge on any atom is -0.457 e. The fourth-order valence-corrected chi connectivity index (χ4v) is 4.84. The Labute approximate surface area is 255 Å². The van der Waals surface area contributed by atoms with Crippen molar-refractivity contribution < 1.29 is 23.9 Å². The van der Waals surface area contributed by atoms with Crippen LogP contribution in [0, 0.1) is 5.92 Å². The van der Waals surface area contributed by atoms with Gasteiger partial charge in [-0.3, -0.25) is 14.4 Å². The molecule has 2 N–H and O–H groups in total. The number of para-hydroxylation sites is 1. The summed E-state index contributed by atoms with van der Waals surface area (Å²) >= 11 is 5.97. The van der Waals surface area contributed by atoms with Gasteiger partial charge in [-0.1, -0.05) is 72.3 Å². The molecule has 2 atom stereocenters. The van der Waals surface area contributed by atoms with Crippen molar-refractivity contribution in [2.24, 2.45) is 5.92 Å². The van der Waals surface area contributed by atoms with E-state index in [0.717, 1.165) is 11.1 Å². The lowest BCUT2D eigenvalue weighted by Crippen LogP contribution is -2.49. The lowest BCUT2D eigenvalue weighted by molar-refractivity contribution is -0.131. The Bertz CT molecular complexity index is 1520. The van der Waals surface area contributed by atoms with Crippen molar-refractivity contribution in [1.29, 1.82) is 0 Å². The fraction of sp³-hybridized carbons (Fsp3) is 0.206. The van der Waals surface area contributed by atoms with E-state index < -0.39 is 17.9 Å². The van der Waals surface area contributed by atoms with E-state index in [1.54, 1.807) is 41.3 Å². The van der Waals surface area contributed by atoms with E-state index in [0.29, 0.717) is 28.8 Å². The van der Waals surface area contributed by atoms with Crippen LogP contribution in [0.25, 0.3) is 0 Å². The van der Waals surface area contributed by atoms with E-state index in [9.17, 15) is 14.4 Å². The van der Waals surface area contributed by atoms with Gasteiger partial charge >= 0.3 is 0 Å². The normalized spacial score (nSPS) is 15.1. The molecule has 0 bridgehead atoms. The number of ether oxygens (including phenoxy) is 2. The molecule has 1 aliphatic rings. The lowest BCUT2D eigenvalue weighted by atomic mass is 10.1. The number of nitrogens with zero attached hydrogens (tertiary/aromatic N) is 1. The van der Waals surface area contributed by atoms with Crippen molar-refractivity contribution in [3.05, 3.63) is 125 Å². The SMILES string of the molecule is O=C(NC(COCc1ccccc1)C(=O)Nc1ccc(Oc2ccccc2)cc1)C1CC(=O)N(Cc2ccc(Cl)cc2)C1. The van der Waals surface area contributed by atoms with E-state index in [-0.39, 0.29) is 38.0 Å². The molecule has 43 heavy (non-hydrogen) atoms. The summed E-state index contributed by atoms with van der Waals surface area (Å²) in [7, 11) is 0. The molecular formula is C34H32ClN3O5. The predicted molar refractivity (Wildman–Crippen MR) is 165 cm³/mol. The van der Waals surface area contributed by atoms with Gasteiger partial charge in [-0.2, -0.15) is 0 Å². The maximum absolute atomic E-state index is 13.4. The third-order valence-electron chi connectivity index (χ3n) is 7.00. The first kappa shape index (κ1) is 29.8. The third-order valence-corrected chi connectivity index (χ3v) is 7.25. The minimum atomic E-state index is -0.975. The zero-order valence-electron chi connectivity index (χ0n) is 23.4. The van der Waals surface area contributed by atoms with Crippen LogP contribution in [0.3, 0.4) is 0 Å². The Hall–Kier alpha value is -4.66. The van der Waals surface area contributed by atoms with E-state index in [1.165, 1.54) is 0 Å². The molecule has 3 amide bonds. The van der Waals surface area contributed by atoms with Crippen LogP contribution in [0.15, 0.2) is 109 Å². The molecule has 5 rings (SSSR count). The first-order valence-electron chi connectivity index (χ1n) is 14.0. The van der Waals surface area contributed by atoms with Gasteiger partial charge in [-0.15, -0.1) is 0 Å². The summed E-state index contributed by atoms with van der Waals surface area (Å²) in [6, 6.07) is 32.2. The van der Waals surface area contributed by atoms with Crippen molar-refractivity contribution in [2.75, 3.05) is 18.5 Å². The van der Waals surface area contributed by atoms with E-state index in [2.05, 4.69) is 10.6 Å². The molecule has 0 aliphatic carbocycles. The Morgan fingerprint density at radius 3 is 2.19 bits per heavy atom. The van der Waals surface area contributed by atoms with Gasteiger partial charge in [0, 0.05) is 30.2 Å². The number of anilines is 1. The summed E-state index contributed by atoms with van der Waals surface area (Å²) < 4.78 is 11.7. The second-order valence-electron chi connectivity index (χ2n) is 10.3. The summed E-state index contributed by atoms with van der Waals surface area (Å²) in [5.74, 6) is -0.181. The number of rotatable bonds is 12. The highest BCUT2D eigenvalue weighted by atomic mass is 35.5. The summed E-state index contributed by atoms with van der Waals surface area (Å²) in [5.41, 5.74) is 2.41. The number of benzene rings is 4. The maximum Gasteiger partial charge on any atom is 0.249 e. The Kier molecular flexibility index (Phi) is 10.0. The second-order valence-corrected chi connectivity index (χ2v) is 10.7. The summed E-state index contributed by atoms with van der Waals surface area (Å²) in [4.78, 5) is 41.0. The van der Waals surface area contributed by atoms with Crippen molar-refractivity contribution >= 4 is 35.0 Å². The number of amides is 3. The molecule has 4 aromatic rings. The zero-order valence-corrected chi connectivity index (χ0v) is 24.2. The number of halogens is 1. The molecule has 0 saturated carbocycles. The standard InChI is InChI=1S/C34H32ClN3O5/c35-27-13-11-24(12-14-27)20-38-21-26(19-32(38)39)33(40)37-31(23-42-22-25-7-3-1-4-8-25)34(41)36-28-15-17-30(18-16-28)43-29-9-5-2-6-10-29/h1-18,26,31H,19-23H2,(H,36,41)(H,37,40). The van der Waals surface area contributed by atoms with Crippen LogP contribution in [0.5, 0.6) is 11.5 Å². The summed E-state index contributed by atoms with van der Waals surface area (Å²) in [6.07, 6.45) is 0.0709. The quantitative estimate of drug-likeness (QED) is 0.214. The summed E-state index contributed by atoms with van der Waals surface area (Å²) in [5, 5.41) is 6.29. The Morgan fingerprint density at radius 1 is 0.837 bits per heavy atom. The van der Waals surface area contributed by atoms with Crippen molar-refractivity contribution in [3.63, 3.8) is 0 Å². The minimum absolute atomic E-state index is 0.0448. The molecule has 2 unspecified atom stereocenters. The molecule has 4 aromatic carbocycles. The highest BCUT2D eigenvalue weighted by molar-refractivity contribution is 6.30. The second kappa shape index (κ2) is 14.5.